The predicted molar refractivity (Wildman–Crippen MR) is 67.2 cm³/mol. The Hall–Kier alpha value is -2.23. The average Bonchev–Trinajstić information content (AvgIpc) is 2.34. The highest BCUT2D eigenvalue weighted by atomic mass is 16.5. The van der Waals surface area contributed by atoms with Crippen molar-refractivity contribution in [2.24, 2.45) is 0 Å². The first-order valence-corrected chi connectivity index (χ1v) is 5.28. The standard InChI is InChI=1S/C13H14N2O2/c1-17-12-4-2-3-10(7-12)8-15-9-11(14)5-6-13(15)16/h2-7,9H,8,14H2,1H3. The molecule has 0 aliphatic heterocycles. The van der Waals surface area contributed by atoms with E-state index in [0.29, 0.717) is 12.2 Å². The fourth-order valence-electron chi connectivity index (χ4n) is 1.64. The van der Waals surface area contributed by atoms with Gasteiger partial charge in [-0.25, -0.2) is 0 Å². The van der Waals surface area contributed by atoms with Gasteiger partial charge in [0.2, 0.25) is 0 Å². The van der Waals surface area contributed by atoms with E-state index in [1.54, 1.807) is 23.9 Å². The van der Waals surface area contributed by atoms with Crippen molar-refractivity contribution in [2.75, 3.05) is 12.8 Å². The number of aromatic nitrogens is 1. The van der Waals surface area contributed by atoms with Crippen molar-refractivity contribution in [2.45, 2.75) is 6.54 Å². The lowest BCUT2D eigenvalue weighted by atomic mass is 10.2. The lowest BCUT2D eigenvalue weighted by molar-refractivity contribution is 0.414. The van der Waals surface area contributed by atoms with E-state index in [1.807, 2.05) is 24.3 Å². The van der Waals surface area contributed by atoms with Gasteiger partial charge < -0.3 is 15.0 Å². The van der Waals surface area contributed by atoms with Gasteiger partial charge in [0, 0.05) is 18.0 Å². The number of methoxy groups -OCH3 is 1. The van der Waals surface area contributed by atoms with Crippen LogP contribution in [0.1, 0.15) is 5.56 Å². The lowest BCUT2D eigenvalue weighted by Gasteiger charge is -2.07. The SMILES string of the molecule is COc1cccc(Cn2cc(N)ccc2=O)c1. The van der Waals surface area contributed by atoms with E-state index < -0.39 is 0 Å². The Labute approximate surface area is 99.3 Å². The summed E-state index contributed by atoms with van der Waals surface area (Å²) in [6.07, 6.45) is 1.64. The van der Waals surface area contributed by atoms with Gasteiger partial charge in [-0.2, -0.15) is 0 Å². The van der Waals surface area contributed by atoms with E-state index in [-0.39, 0.29) is 5.56 Å². The molecule has 2 aromatic rings. The second-order valence-electron chi connectivity index (χ2n) is 3.78. The minimum Gasteiger partial charge on any atom is -0.497 e. The molecule has 0 amide bonds. The van der Waals surface area contributed by atoms with Gasteiger partial charge in [-0.05, 0) is 23.8 Å². The lowest BCUT2D eigenvalue weighted by Crippen LogP contribution is -2.19. The second kappa shape index (κ2) is 4.74. The van der Waals surface area contributed by atoms with Crippen LogP contribution in [0.4, 0.5) is 5.69 Å². The van der Waals surface area contributed by atoms with Crippen molar-refractivity contribution in [3.63, 3.8) is 0 Å². The molecule has 0 unspecified atom stereocenters. The summed E-state index contributed by atoms with van der Waals surface area (Å²) in [6.45, 7) is 0.487. The summed E-state index contributed by atoms with van der Waals surface area (Å²) in [5.74, 6) is 0.777. The molecular formula is C13H14N2O2. The molecule has 1 aromatic heterocycles. The topological polar surface area (TPSA) is 57.2 Å². The largest absolute Gasteiger partial charge is 0.497 e. The monoisotopic (exact) mass is 230 g/mol. The molecule has 4 nitrogen and oxygen atoms in total. The van der Waals surface area contributed by atoms with Gasteiger partial charge in [-0.3, -0.25) is 4.79 Å². The number of rotatable bonds is 3. The maximum atomic E-state index is 11.6. The molecule has 0 atom stereocenters. The van der Waals surface area contributed by atoms with Crippen LogP contribution in [0.5, 0.6) is 5.75 Å². The third-order valence-electron chi connectivity index (χ3n) is 2.49. The first kappa shape index (κ1) is 11.3. The Morgan fingerprint density at radius 3 is 2.88 bits per heavy atom. The number of nitrogens with zero attached hydrogens (tertiary/aromatic N) is 1. The number of pyridine rings is 1. The minimum absolute atomic E-state index is 0.0676. The molecule has 0 fully saturated rings. The Morgan fingerprint density at radius 1 is 1.29 bits per heavy atom. The molecule has 17 heavy (non-hydrogen) atoms. The highest BCUT2D eigenvalue weighted by Crippen LogP contribution is 2.13. The van der Waals surface area contributed by atoms with Gasteiger partial charge in [0.1, 0.15) is 5.75 Å². The summed E-state index contributed by atoms with van der Waals surface area (Å²) >= 11 is 0. The summed E-state index contributed by atoms with van der Waals surface area (Å²) in [5.41, 5.74) is 7.16. The molecule has 2 rings (SSSR count). The summed E-state index contributed by atoms with van der Waals surface area (Å²) in [4.78, 5) is 11.6. The number of nitrogen functional groups attached to an aromatic ring is 1. The van der Waals surface area contributed by atoms with Crippen molar-refractivity contribution < 1.29 is 4.74 Å². The average molecular weight is 230 g/mol. The van der Waals surface area contributed by atoms with E-state index in [9.17, 15) is 4.79 Å². The van der Waals surface area contributed by atoms with Crippen LogP contribution in [-0.2, 0) is 6.54 Å². The first-order chi connectivity index (χ1) is 8.19. The van der Waals surface area contributed by atoms with Gasteiger partial charge in [0.25, 0.3) is 5.56 Å². The zero-order valence-corrected chi connectivity index (χ0v) is 9.59. The molecule has 0 aliphatic rings. The summed E-state index contributed by atoms with van der Waals surface area (Å²) in [7, 11) is 1.62. The molecule has 0 saturated heterocycles. The molecule has 0 radical (unpaired) electrons. The molecule has 0 bridgehead atoms. The normalized spacial score (nSPS) is 10.2. The fraction of sp³-hybridized carbons (Fsp3) is 0.154. The Kier molecular flexibility index (Phi) is 3.14. The highest BCUT2D eigenvalue weighted by molar-refractivity contribution is 5.34. The Morgan fingerprint density at radius 2 is 2.12 bits per heavy atom. The molecule has 88 valence electrons. The summed E-state index contributed by atoms with van der Waals surface area (Å²) in [6, 6.07) is 10.7. The van der Waals surface area contributed by atoms with E-state index in [1.165, 1.54) is 6.07 Å². The quantitative estimate of drug-likeness (QED) is 0.869. The van der Waals surface area contributed by atoms with Crippen molar-refractivity contribution in [1.82, 2.24) is 4.57 Å². The maximum absolute atomic E-state index is 11.6. The zero-order valence-electron chi connectivity index (χ0n) is 9.59. The van der Waals surface area contributed by atoms with Crippen LogP contribution in [0, 0.1) is 0 Å². The zero-order chi connectivity index (χ0) is 12.3. The fourth-order valence-corrected chi connectivity index (χ4v) is 1.64. The van der Waals surface area contributed by atoms with Crippen molar-refractivity contribution in [1.29, 1.82) is 0 Å². The summed E-state index contributed by atoms with van der Waals surface area (Å²) < 4.78 is 6.71. The van der Waals surface area contributed by atoms with E-state index in [2.05, 4.69) is 0 Å². The third-order valence-corrected chi connectivity index (χ3v) is 2.49. The number of nitrogens with two attached hydrogens (primary N) is 1. The number of hydrogen-bond acceptors (Lipinski definition) is 3. The molecule has 0 aliphatic carbocycles. The van der Waals surface area contributed by atoms with Gasteiger partial charge in [-0.15, -0.1) is 0 Å². The molecular weight excluding hydrogens is 216 g/mol. The molecule has 0 saturated carbocycles. The van der Waals surface area contributed by atoms with Crippen LogP contribution >= 0.6 is 0 Å². The Balaban J connectivity index is 2.31. The summed E-state index contributed by atoms with van der Waals surface area (Å²) in [5, 5.41) is 0. The number of ether oxygens (including phenoxy) is 1. The molecule has 0 spiro atoms. The van der Waals surface area contributed by atoms with Crippen LogP contribution in [-0.4, -0.2) is 11.7 Å². The van der Waals surface area contributed by atoms with Crippen molar-refractivity contribution in [3.8, 4) is 5.75 Å². The van der Waals surface area contributed by atoms with Gasteiger partial charge in [0.05, 0.1) is 13.7 Å². The Bertz CT molecular complexity index is 576. The number of anilines is 1. The van der Waals surface area contributed by atoms with E-state index in [0.717, 1.165) is 11.3 Å². The second-order valence-corrected chi connectivity index (χ2v) is 3.78. The minimum atomic E-state index is -0.0676. The van der Waals surface area contributed by atoms with Crippen LogP contribution in [0.2, 0.25) is 0 Å². The van der Waals surface area contributed by atoms with Crippen molar-refractivity contribution in [3.05, 3.63) is 58.5 Å². The van der Waals surface area contributed by atoms with Gasteiger partial charge >= 0.3 is 0 Å². The van der Waals surface area contributed by atoms with E-state index >= 15 is 0 Å². The molecule has 1 aromatic carbocycles. The van der Waals surface area contributed by atoms with Crippen LogP contribution < -0.4 is 16.0 Å². The predicted octanol–water partition coefficient (Wildman–Crippen LogP) is 1.49. The molecule has 2 N–H and O–H groups in total. The van der Waals surface area contributed by atoms with Crippen molar-refractivity contribution >= 4 is 5.69 Å². The number of benzene rings is 1. The third kappa shape index (κ3) is 2.66. The maximum Gasteiger partial charge on any atom is 0.250 e. The molecule has 1 heterocycles. The van der Waals surface area contributed by atoms with Gasteiger partial charge in [0.15, 0.2) is 0 Å². The van der Waals surface area contributed by atoms with Crippen LogP contribution in [0.15, 0.2) is 47.4 Å². The highest BCUT2D eigenvalue weighted by Gasteiger charge is 2.00. The molecule has 4 heteroatoms. The smallest absolute Gasteiger partial charge is 0.250 e. The number of hydrogen-bond donors (Lipinski definition) is 1. The van der Waals surface area contributed by atoms with Crippen LogP contribution in [0.3, 0.4) is 0 Å². The first-order valence-electron chi connectivity index (χ1n) is 5.28. The van der Waals surface area contributed by atoms with Gasteiger partial charge in [-0.1, -0.05) is 12.1 Å². The van der Waals surface area contributed by atoms with Crippen LogP contribution in [0.25, 0.3) is 0 Å². The van der Waals surface area contributed by atoms with E-state index in [4.69, 9.17) is 10.5 Å².